The highest BCUT2D eigenvalue weighted by atomic mass is 79.9. The first-order valence-electron chi connectivity index (χ1n) is 5.84. The normalized spacial score (nSPS) is 22.9. The van der Waals surface area contributed by atoms with Crippen LogP contribution in [0.2, 0.25) is 5.02 Å². The van der Waals surface area contributed by atoms with E-state index in [1.165, 1.54) is 0 Å². The van der Waals surface area contributed by atoms with Gasteiger partial charge in [-0.25, -0.2) is 0 Å². The lowest BCUT2D eigenvalue weighted by atomic mass is 10.2. The van der Waals surface area contributed by atoms with Crippen LogP contribution in [0.15, 0.2) is 27.2 Å². The molecule has 0 amide bonds. The molecular weight excluding hydrogens is 334 g/mol. The van der Waals surface area contributed by atoms with Crippen LogP contribution in [0.1, 0.15) is 18.4 Å². The Kier molecular flexibility index (Phi) is 3.58. The zero-order chi connectivity index (χ0) is 13.4. The highest BCUT2D eigenvalue weighted by Crippen LogP contribution is 2.29. The fraction of sp³-hybridized carbons (Fsp3) is 0.333. The first-order valence-corrected chi connectivity index (χ1v) is 7.01. The van der Waals surface area contributed by atoms with E-state index < -0.39 is 0 Å². The molecule has 1 saturated heterocycles. The highest BCUT2D eigenvalue weighted by molar-refractivity contribution is 9.10. The van der Waals surface area contributed by atoms with Crippen LogP contribution >= 0.6 is 27.5 Å². The molecule has 2 heterocycles. The summed E-state index contributed by atoms with van der Waals surface area (Å²) in [7, 11) is 0. The summed E-state index contributed by atoms with van der Waals surface area (Å²) < 4.78 is 6.02. The quantitative estimate of drug-likeness (QED) is 0.876. The molecule has 0 saturated carbocycles. The Morgan fingerprint density at radius 2 is 2.32 bits per heavy atom. The van der Waals surface area contributed by atoms with Crippen LogP contribution in [-0.4, -0.2) is 27.9 Å². The summed E-state index contributed by atoms with van der Waals surface area (Å²) in [6.45, 7) is 0.550. The van der Waals surface area contributed by atoms with Crippen molar-refractivity contribution in [3.63, 3.8) is 0 Å². The molecule has 100 valence electrons. The minimum absolute atomic E-state index is 0.0769. The van der Waals surface area contributed by atoms with Crippen molar-refractivity contribution in [1.29, 1.82) is 0 Å². The Morgan fingerprint density at radius 3 is 3.00 bits per heavy atom. The number of nitrogens with one attached hydrogen (secondary N) is 1. The van der Waals surface area contributed by atoms with Crippen molar-refractivity contribution in [2.75, 3.05) is 6.54 Å². The van der Waals surface area contributed by atoms with Crippen LogP contribution in [0.25, 0.3) is 11.4 Å². The third-order valence-electron chi connectivity index (χ3n) is 3.03. The average Bonchev–Trinajstić information content (AvgIpc) is 3.01. The van der Waals surface area contributed by atoms with Crippen LogP contribution in [0, 0.1) is 0 Å². The number of halogens is 2. The fourth-order valence-electron chi connectivity index (χ4n) is 2.03. The number of aliphatic hydroxyl groups is 1. The Bertz CT molecular complexity index is 604. The van der Waals surface area contributed by atoms with Crippen molar-refractivity contribution >= 4 is 27.5 Å². The van der Waals surface area contributed by atoms with Crippen molar-refractivity contribution in [3.8, 4) is 11.4 Å². The third kappa shape index (κ3) is 2.67. The molecule has 2 N–H and O–H groups in total. The molecule has 3 rings (SSSR count). The first-order chi connectivity index (χ1) is 9.13. The van der Waals surface area contributed by atoms with Gasteiger partial charge in [-0.05, 0) is 40.5 Å². The molecule has 1 aromatic heterocycles. The van der Waals surface area contributed by atoms with E-state index in [2.05, 4.69) is 31.4 Å². The van der Waals surface area contributed by atoms with E-state index in [4.69, 9.17) is 16.1 Å². The molecule has 0 radical (unpaired) electrons. The van der Waals surface area contributed by atoms with Crippen LogP contribution in [-0.2, 0) is 0 Å². The van der Waals surface area contributed by atoms with Gasteiger partial charge in [0.25, 0.3) is 0 Å². The van der Waals surface area contributed by atoms with Gasteiger partial charge in [-0.1, -0.05) is 16.8 Å². The van der Waals surface area contributed by atoms with E-state index in [-0.39, 0.29) is 12.1 Å². The first kappa shape index (κ1) is 13.1. The van der Waals surface area contributed by atoms with Crippen molar-refractivity contribution in [2.24, 2.45) is 0 Å². The SMILES string of the molecule is O[C@@H]1CN[C@H](c2nc(-c3ccc(Cl)c(Br)c3)no2)C1. The number of hydrogen-bond acceptors (Lipinski definition) is 5. The van der Waals surface area contributed by atoms with Gasteiger partial charge in [0.1, 0.15) is 0 Å². The van der Waals surface area contributed by atoms with Gasteiger partial charge in [0.2, 0.25) is 11.7 Å². The third-order valence-corrected chi connectivity index (χ3v) is 4.24. The van der Waals surface area contributed by atoms with Gasteiger partial charge in [0.05, 0.1) is 17.2 Å². The van der Waals surface area contributed by atoms with E-state index >= 15 is 0 Å². The zero-order valence-corrected chi connectivity index (χ0v) is 12.1. The summed E-state index contributed by atoms with van der Waals surface area (Å²) in [5.41, 5.74) is 0.824. The van der Waals surface area contributed by atoms with E-state index in [0.29, 0.717) is 29.7 Å². The van der Waals surface area contributed by atoms with Gasteiger partial charge in [0, 0.05) is 16.6 Å². The monoisotopic (exact) mass is 343 g/mol. The van der Waals surface area contributed by atoms with Gasteiger partial charge >= 0.3 is 0 Å². The standard InChI is InChI=1S/C12H11BrClN3O2/c13-8-3-6(1-2-9(8)14)11-16-12(19-17-11)10-4-7(18)5-15-10/h1-3,7,10,15,18H,4-5H2/t7-,10-/m0/s1. The van der Waals surface area contributed by atoms with E-state index in [1.54, 1.807) is 6.07 Å². The average molecular weight is 345 g/mol. The number of hydrogen-bond donors (Lipinski definition) is 2. The maximum atomic E-state index is 9.48. The molecule has 0 bridgehead atoms. The molecule has 1 aliphatic rings. The zero-order valence-electron chi connectivity index (χ0n) is 9.81. The Hall–Kier alpha value is -0.950. The Balaban J connectivity index is 1.86. The molecule has 5 nitrogen and oxygen atoms in total. The molecule has 2 aromatic rings. The topological polar surface area (TPSA) is 71.2 Å². The van der Waals surface area contributed by atoms with Crippen LogP contribution in [0.5, 0.6) is 0 Å². The molecule has 7 heteroatoms. The maximum absolute atomic E-state index is 9.48. The summed E-state index contributed by atoms with van der Waals surface area (Å²) in [6.07, 6.45) is 0.233. The van der Waals surface area contributed by atoms with Gasteiger partial charge in [0.15, 0.2) is 0 Å². The highest BCUT2D eigenvalue weighted by Gasteiger charge is 2.28. The van der Waals surface area contributed by atoms with Gasteiger partial charge < -0.3 is 14.9 Å². The number of benzene rings is 1. The number of nitrogens with zero attached hydrogens (tertiary/aromatic N) is 2. The largest absolute Gasteiger partial charge is 0.392 e. The van der Waals surface area contributed by atoms with Crippen molar-refractivity contribution < 1.29 is 9.63 Å². The molecule has 0 aliphatic carbocycles. The molecular formula is C12H11BrClN3O2. The second-order valence-electron chi connectivity index (χ2n) is 4.44. The van der Waals surface area contributed by atoms with Gasteiger partial charge in [-0.2, -0.15) is 4.98 Å². The smallest absolute Gasteiger partial charge is 0.244 e. The Morgan fingerprint density at radius 1 is 1.47 bits per heavy atom. The summed E-state index contributed by atoms with van der Waals surface area (Å²) in [5.74, 6) is 1.01. The van der Waals surface area contributed by atoms with E-state index in [9.17, 15) is 5.11 Å². The van der Waals surface area contributed by atoms with Gasteiger partial charge in [-0.3, -0.25) is 0 Å². The fourth-order valence-corrected chi connectivity index (χ4v) is 2.53. The lowest BCUT2D eigenvalue weighted by molar-refractivity contribution is 0.191. The number of aromatic nitrogens is 2. The van der Waals surface area contributed by atoms with Crippen LogP contribution < -0.4 is 5.32 Å². The minimum Gasteiger partial charge on any atom is -0.392 e. The summed E-state index contributed by atoms with van der Waals surface area (Å²) >= 11 is 9.30. The van der Waals surface area contributed by atoms with Crippen molar-refractivity contribution in [2.45, 2.75) is 18.6 Å². The van der Waals surface area contributed by atoms with E-state index in [1.807, 2.05) is 12.1 Å². The molecule has 1 fully saturated rings. The Labute approximate surface area is 123 Å². The minimum atomic E-state index is -0.356. The summed E-state index contributed by atoms with van der Waals surface area (Å²) in [5, 5.41) is 17.2. The molecule has 2 atom stereocenters. The summed E-state index contributed by atoms with van der Waals surface area (Å²) in [4.78, 5) is 4.35. The lowest BCUT2D eigenvalue weighted by Gasteiger charge is -2.01. The molecule has 1 aromatic carbocycles. The number of rotatable bonds is 2. The number of β-amino-alcohol motifs (C(OH)–C–C–N with tert-alkyl or cyclic N) is 1. The predicted octanol–water partition coefficient (Wildman–Crippen LogP) is 2.55. The molecule has 0 spiro atoms. The van der Waals surface area contributed by atoms with Crippen LogP contribution in [0.3, 0.4) is 0 Å². The van der Waals surface area contributed by atoms with Crippen LogP contribution in [0.4, 0.5) is 0 Å². The molecule has 19 heavy (non-hydrogen) atoms. The van der Waals surface area contributed by atoms with Crippen molar-refractivity contribution in [1.82, 2.24) is 15.5 Å². The number of aliphatic hydroxyl groups excluding tert-OH is 1. The molecule has 1 aliphatic heterocycles. The summed E-state index contributed by atoms with van der Waals surface area (Å²) in [6, 6.07) is 5.37. The maximum Gasteiger partial charge on any atom is 0.244 e. The predicted molar refractivity (Wildman–Crippen MR) is 73.8 cm³/mol. The second-order valence-corrected chi connectivity index (χ2v) is 5.70. The van der Waals surface area contributed by atoms with Gasteiger partial charge in [-0.15, -0.1) is 0 Å². The molecule has 0 unspecified atom stereocenters. The second kappa shape index (κ2) is 5.20. The van der Waals surface area contributed by atoms with Crippen molar-refractivity contribution in [3.05, 3.63) is 33.6 Å². The van der Waals surface area contributed by atoms with E-state index in [0.717, 1.165) is 10.0 Å². The lowest BCUT2D eigenvalue weighted by Crippen LogP contribution is -2.15.